The zero-order chi connectivity index (χ0) is 54.6. The monoisotopic (exact) mass is 1080 g/mol. The van der Waals surface area contributed by atoms with Gasteiger partial charge in [0, 0.05) is 94.1 Å². The van der Waals surface area contributed by atoms with Crippen LogP contribution in [0.15, 0.2) is 48.5 Å². The molecule has 0 saturated carbocycles. The summed E-state index contributed by atoms with van der Waals surface area (Å²) >= 11 is 0. The normalized spacial score (nSPS) is 22.8. The number of piperazine rings is 1. The highest BCUT2D eigenvalue weighted by Gasteiger charge is 2.46. The standard InChI is InChI=1S/C34H33F2N5O2.C26H35N5O5/c1-2-23-25(35)11-9-21-7-3-8-24(27(21)23)30-29(36)31-28-26(37-30)12-10-22-19-42-18-6-17-41(22)32(28)39-33(38-31)43-20-34-13-4-15-40(34)16-5-14-34;1-26(17-28-11-13-30(14-12-28)25(35)36-2)7-9-29(10-8-26)19-3-4-20-18(15-19)16-31(24(20)34)21-5-6-22(32)27-23(21)33/h1,3,7-9,11,22H,4-6,10,12-20H2;3-4,15,21H,5-14,16-17H2,1-2H3,(H,27,32,33). The number of aromatic nitrogens is 3. The highest BCUT2D eigenvalue weighted by molar-refractivity contribution is 6.06. The summed E-state index contributed by atoms with van der Waals surface area (Å²) in [6.45, 7) is 13.5. The van der Waals surface area contributed by atoms with Crippen LogP contribution in [0.2, 0.25) is 0 Å². The van der Waals surface area contributed by atoms with Gasteiger partial charge in [0.05, 0.1) is 41.9 Å². The maximum atomic E-state index is 16.9. The first kappa shape index (κ1) is 52.7. The van der Waals surface area contributed by atoms with Gasteiger partial charge < -0.3 is 33.8 Å². The lowest BCUT2D eigenvalue weighted by molar-refractivity contribution is -0.136. The van der Waals surface area contributed by atoms with Crippen LogP contribution in [-0.2, 0) is 32.0 Å². The van der Waals surface area contributed by atoms with E-state index in [1.165, 1.54) is 13.2 Å². The number of imide groups is 1. The summed E-state index contributed by atoms with van der Waals surface area (Å²) in [4.78, 5) is 76.1. The van der Waals surface area contributed by atoms with E-state index in [1.807, 2.05) is 24.3 Å². The summed E-state index contributed by atoms with van der Waals surface area (Å²) in [6.07, 6.45) is 15.0. The van der Waals surface area contributed by atoms with Gasteiger partial charge in [-0.25, -0.2) is 18.6 Å². The highest BCUT2D eigenvalue weighted by atomic mass is 19.1. The number of hydrogen-bond acceptors (Lipinski definition) is 14. The fourth-order valence-electron chi connectivity index (χ4n) is 13.8. The third kappa shape index (κ3) is 9.98. The summed E-state index contributed by atoms with van der Waals surface area (Å²) < 4.78 is 49.0. The van der Waals surface area contributed by atoms with E-state index in [1.54, 1.807) is 21.9 Å². The highest BCUT2D eigenvalue weighted by Crippen LogP contribution is 2.43. The lowest BCUT2D eigenvalue weighted by atomic mass is 9.79. The number of rotatable bonds is 8. The molecule has 0 bridgehead atoms. The number of methoxy groups -OCH3 is 1. The number of terminal acetylenes is 1. The van der Waals surface area contributed by atoms with Crippen molar-refractivity contribution in [2.75, 3.05) is 102 Å². The second kappa shape index (κ2) is 21.6. The van der Waals surface area contributed by atoms with Crippen LogP contribution < -0.4 is 19.9 Å². The molecule has 5 aromatic rings. The van der Waals surface area contributed by atoms with E-state index in [2.05, 4.69) is 43.8 Å². The van der Waals surface area contributed by atoms with Gasteiger partial charge in [-0.2, -0.15) is 9.97 Å². The van der Waals surface area contributed by atoms with Gasteiger partial charge in [-0.1, -0.05) is 37.1 Å². The van der Waals surface area contributed by atoms with Crippen molar-refractivity contribution in [2.24, 2.45) is 5.41 Å². The molecule has 17 nitrogen and oxygen atoms in total. The molecule has 2 atom stereocenters. The average molecular weight is 1080 g/mol. The predicted molar refractivity (Wildman–Crippen MR) is 294 cm³/mol. The first-order valence-corrected chi connectivity index (χ1v) is 28.2. The molecule has 1 N–H and O–H groups in total. The number of amides is 4. The van der Waals surface area contributed by atoms with Gasteiger partial charge in [-0.3, -0.25) is 29.5 Å². The van der Waals surface area contributed by atoms with Crippen molar-refractivity contribution in [3.8, 4) is 29.6 Å². The molecule has 6 fully saturated rings. The zero-order valence-corrected chi connectivity index (χ0v) is 45.2. The molecule has 4 amide bonds. The maximum absolute atomic E-state index is 16.9. The molecule has 3 aromatic carbocycles. The quantitative estimate of drug-likeness (QED) is 0.124. The van der Waals surface area contributed by atoms with Crippen LogP contribution in [0.1, 0.15) is 98.3 Å². The molecule has 0 spiro atoms. The third-order valence-corrected chi connectivity index (χ3v) is 18.2. The van der Waals surface area contributed by atoms with E-state index >= 15 is 4.39 Å². The van der Waals surface area contributed by atoms with Crippen LogP contribution in [0.3, 0.4) is 0 Å². The summed E-state index contributed by atoms with van der Waals surface area (Å²) in [6, 6.07) is 14.1. The number of anilines is 2. The van der Waals surface area contributed by atoms with Gasteiger partial charge in [-0.05, 0) is 118 Å². The molecule has 0 radical (unpaired) electrons. The number of piperidine rings is 2. The Morgan fingerprint density at radius 3 is 2.42 bits per heavy atom. The molecular formula is C60H68F2N10O7. The Kier molecular flexibility index (Phi) is 14.4. The second-order valence-corrected chi connectivity index (χ2v) is 23.0. The van der Waals surface area contributed by atoms with Crippen molar-refractivity contribution in [3.05, 3.63) is 82.5 Å². The SMILES string of the molecule is C#Cc1c(F)ccc2cccc(-c3nc4c5c(nc(OCC67CCCN6CCC7)nc5c3F)N3CCCOCC3CC4)c12.COC(=O)N1CCN(CC2(C)CCN(c3ccc4c(c3)CN(C3CCC(=O)NC3=O)C4=O)CC2)CC1. The lowest BCUT2D eigenvalue weighted by Crippen LogP contribution is -2.52. The molecular weight excluding hydrogens is 1010 g/mol. The van der Waals surface area contributed by atoms with Gasteiger partial charge in [-0.15, -0.1) is 6.42 Å². The molecule has 2 unspecified atom stereocenters. The Hall–Kier alpha value is -7.01. The van der Waals surface area contributed by atoms with Crippen molar-refractivity contribution in [1.82, 2.24) is 39.9 Å². The van der Waals surface area contributed by atoms with Crippen LogP contribution in [-0.4, -0.2) is 168 Å². The van der Waals surface area contributed by atoms with Crippen molar-refractivity contribution in [2.45, 2.75) is 102 Å². The number of fused-ring (bicyclic) bond motifs is 5. The largest absolute Gasteiger partial charge is 0.461 e. The smallest absolute Gasteiger partial charge is 0.409 e. The topological polar surface area (TPSA) is 166 Å². The van der Waals surface area contributed by atoms with E-state index < -0.39 is 17.7 Å². The Morgan fingerprint density at radius 1 is 0.861 bits per heavy atom. The van der Waals surface area contributed by atoms with Crippen LogP contribution >= 0.6 is 0 Å². The van der Waals surface area contributed by atoms with Crippen LogP contribution in [0.25, 0.3) is 32.9 Å². The van der Waals surface area contributed by atoms with Gasteiger partial charge in [0.25, 0.3) is 5.91 Å². The van der Waals surface area contributed by atoms with Crippen molar-refractivity contribution >= 4 is 57.0 Å². The predicted octanol–water partition coefficient (Wildman–Crippen LogP) is 7.09. The number of aryl methyl sites for hydroxylation is 1. The molecule has 8 aliphatic heterocycles. The Labute approximate surface area is 458 Å². The Bertz CT molecular complexity index is 3270. The van der Waals surface area contributed by atoms with Gasteiger partial charge in [0.15, 0.2) is 5.82 Å². The number of pyridine rings is 1. The fourth-order valence-corrected chi connectivity index (χ4v) is 13.8. The van der Waals surface area contributed by atoms with E-state index in [0.29, 0.717) is 91.1 Å². The number of nitrogens with one attached hydrogen (secondary N) is 1. The van der Waals surface area contributed by atoms with Crippen LogP contribution in [0, 0.1) is 29.4 Å². The summed E-state index contributed by atoms with van der Waals surface area (Å²) in [7, 11) is 1.43. The number of halogens is 2. The molecule has 19 heteroatoms. The molecule has 6 saturated heterocycles. The van der Waals surface area contributed by atoms with Gasteiger partial charge in [0.1, 0.15) is 35.5 Å². The average Bonchev–Trinajstić information content (AvgIpc) is 4.08. The maximum Gasteiger partial charge on any atom is 0.409 e. The first-order valence-electron chi connectivity index (χ1n) is 28.2. The molecule has 79 heavy (non-hydrogen) atoms. The lowest BCUT2D eigenvalue weighted by Gasteiger charge is -2.44. The molecule has 10 heterocycles. The Morgan fingerprint density at radius 2 is 1.66 bits per heavy atom. The minimum absolute atomic E-state index is 0.00280. The molecule has 13 rings (SSSR count). The van der Waals surface area contributed by atoms with Crippen LogP contribution in [0.5, 0.6) is 6.01 Å². The van der Waals surface area contributed by atoms with E-state index in [-0.39, 0.29) is 70.0 Å². The third-order valence-electron chi connectivity index (χ3n) is 18.2. The number of ether oxygens (including phenoxy) is 3. The number of hydrogen-bond donors (Lipinski definition) is 1. The number of benzene rings is 3. The summed E-state index contributed by atoms with van der Waals surface area (Å²) in [5.41, 5.74) is 4.45. The molecule has 414 valence electrons. The summed E-state index contributed by atoms with van der Waals surface area (Å²) in [5.74, 6) is 1.23. The van der Waals surface area contributed by atoms with Gasteiger partial charge in [0.2, 0.25) is 11.8 Å². The van der Waals surface area contributed by atoms with E-state index in [0.717, 1.165) is 115 Å². The second-order valence-electron chi connectivity index (χ2n) is 23.0. The minimum atomic E-state index is -0.587. The number of nitrogens with zero attached hydrogens (tertiary/aromatic N) is 9. The zero-order valence-electron chi connectivity index (χ0n) is 45.2. The molecule has 8 aliphatic rings. The van der Waals surface area contributed by atoms with E-state index in [9.17, 15) is 23.6 Å². The van der Waals surface area contributed by atoms with E-state index in [4.69, 9.17) is 35.6 Å². The Balaban J connectivity index is 0.000000161. The van der Waals surface area contributed by atoms with Crippen molar-refractivity contribution in [3.63, 3.8) is 0 Å². The van der Waals surface area contributed by atoms with Crippen LogP contribution in [0.4, 0.5) is 25.1 Å². The number of carbonyl (C=O) groups is 4. The minimum Gasteiger partial charge on any atom is -0.461 e. The van der Waals surface area contributed by atoms with Crippen molar-refractivity contribution in [1.29, 1.82) is 0 Å². The first-order chi connectivity index (χ1) is 38.3. The van der Waals surface area contributed by atoms with Gasteiger partial charge >= 0.3 is 12.1 Å². The molecule has 0 aliphatic carbocycles. The number of carbonyl (C=O) groups excluding carboxylic acids is 4. The van der Waals surface area contributed by atoms with Crippen molar-refractivity contribution < 1.29 is 42.2 Å². The summed E-state index contributed by atoms with van der Waals surface area (Å²) in [5, 5.41) is 4.15. The molecule has 2 aromatic heterocycles. The fraction of sp³-hybridized carbons (Fsp3) is 0.517.